The maximum Gasteiger partial charge on any atom is 0.360 e. The number of carbonyl (C=O) groups is 1. The highest BCUT2D eigenvalue weighted by molar-refractivity contribution is 7.98. The number of nitrogens with one attached hydrogen (secondary N) is 2. The molecule has 2 heterocycles. The number of fused-ring (bicyclic) bond motifs is 1. The molecule has 3 aromatic rings. The molecule has 0 aliphatic rings. The van der Waals surface area contributed by atoms with Crippen LogP contribution >= 0.6 is 11.8 Å². The predicted octanol–water partition coefficient (Wildman–Crippen LogP) is 3.21. The van der Waals surface area contributed by atoms with E-state index in [0.29, 0.717) is 10.8 Å². The molecule has 7 heteroatoms. The fraction of sp³-hybridized carbons (Fsp3) is 0.133. The first kappa shape index (κ1) is 14.4. The van der Waals surface area contributed by atoms with Crippen molar-refractivity contribution in [3.05, 3.63) is 42.4 Å². The molecule has 2 N–H and O–H groups in total. The lowest BCUT2D eigenvalue weighted by atomic mass is 10.2. The summed E-state index contributed by atoms with van der Waals surface area (Å²) in [7, 11) is 1.32. The van der Waals surface area contributed by atoms with Gasteiger partial charge in [0.1, 0.15) is 5.03 Å². The number of hydrogen-bond donors (Lipinski definition) is 2. The van der Waals surface area contributed by atoms with Crippen molar-refractivity contribution in [3.63, 3.8) is 0 Å². The molecule has 0 atom stereocenters. The number of aromatic nitrogens is 3. The van der Waals surface area contributed by atoms with E-state index in [0.717, 1.165) is 16.6 Å². The second-order valence-electron chi connectivity index (χ2n) is 4.47. The maximum atomic E-state index is 11.9. The van der Waals surface area contributed by atoms with Gasteiger partial charge in [-0.1, -0.05) is 12.1 Å². The van der Waals surface area contributed by atoms with Crippen molar-refractivity contribution in [3.8, 4) is 0 Å². The van der Waals surface area contributed by atoms with Crippen LogP contribution in [-0.4, -0.2) is 34.3 Å². The van der Waals surface area contributed by atoms with Crippen molar-refractivity contribution < 1.29 is 9.53 Å². The number of para-hydroxylation sites is 1. The van der Waals surface area contributed by atoms with Crippen LogP contribution in [0.3, 0.4) is 0 Å². The Morgan fingerprint density at radius 1 is 1.36 bits per heavy atom. The van der Waals surface area contributed by atoms with Gasteiger partial charge >= 0.3 is 5.97 Å². The van der Waals surface area contributed by atoms with Crippen LogP contribution in [0.5, 0.6) is 0 Å². The van der Waals surface area contributed by atoms with Gasteiger partial charge in [0, 0.05) is 11.6 Å². The van der Waals surface area contributed by atoms with Crippen molar-refractivity contribution in [2.75, 3.05) is 18.7 Å². The number of rotatable bonds is 4. The average Bonchev–Trinajstić information content (AvgIpc) is 3.03. The van der Waals surface area contributed by atoms with Crippen LogP contribution in [0.4, 0.5) is 11.5 Å². The van der Waals surface area contributed by atoms with Crippen molar-refractivity contribution in [1.29, 1.82) is 0 Å². The first-order chi connectivity index (χ1) is 10.7. The monoisotopic (exact) mass is 314 g/mol. The van der Waals surface area contributed by atoms with E-state index in [1.54, 1.807) is 6.20 Å². The van der Waals surface area contributed by atoms with Crippen LogP contribution in [0.2, 0.25) is 0 Å². The molecule has 0 bridgehead atoms. The lowest BCUT2D eigenvalue weighted by molar-refractivity contribution is 0.0594. The van der Waals surface area contributed by atoms with E-state index in [4.69, 9.17) is 4.74 Å². The summed E-state index contributed by atoms with van der Waals surface area (Å²) in [4.78, 5) is 23.6. The number of aromatic amines is 1. The number of ether oxygens (including phenoxy) is 1. The summed E-state index contributed by atoms with van der Waals surface area (Å²) in [5.74, 6) is -0.151. The Balaban J connectivity index is 2.07. The Morgan fingerprint density at radius 3 is 3.00 bits per heavy atom. The first-order valence-corrected chi connectivity index (χ1v) is 7.78. The largest absolute Gasteiger partial charge is 0.464 e. The van der Waals surface area contributed by atoms with Gasteiger partial charge in [0.15, 0.2) is 11.5 Å². The van der Waals surface area contributed by atoms with Gasteiger partial charge in [-0.15, -0.1) is 11.8 Å². The molecule has 0 saturated carbocycles. The van der Waals surface area contributed by atoms with Gasteiger partial charge in [-0.3, -0.25) is 0 Å². The lowest BCUT2D eigenvalue weighted by Gasteiger charge is -2.11. The molecule has 1 aromatic carbocycles. The Bertz CT molecular complexity index is 831. The van der Waals surface area contributed by atoms with E-state index in [2.05, 4.69) is 20.3 Å². The normalized spacial score (nSPS) is 10.6. The number of carbonyl (C=O) groups excluding carboxylic acids is 1. The zero-order valence-electron chi connectivity index (χ0n) is 12.1. The van der Waals surface area contributed by atoms with Crippen molar-refractivity contribution in [2.24, 2.45) is 0 Å². The maximum absolute atomic E-state index is 11.9. The molecule has 0 unspecified atom stereocenters. The number of benzene rings is 1. The molecule has 2 aromatic heterocycles. The molecule has 3 rings (SSSR count). The molecule has 0 spiro atoms. The fourth-order valence-corrected chi connectivity index (χ4v) is 2.46. The minimum Gasteiger partial charge on any atom is -0.464 e. The molecule has 112 valence electrons. The standard InChI is InChI=1S/C15H14N4O2S/c1-21-15(20)13-14(19-11(22-2)8-17-13)18-10-5-3-4-9-6-7-16-12(9)10/h3-8,16H,1-2H3,(H,18,19). The summed E-state index contributed by atoms with van der Waals surface area (Å²) >= 11 is 1.45. The number of anilines is 2. The number of esters is 1. The zero-order chi connectivity index (χ0) is 15.5. The third-order valence-electron chi connectivity index (χ3n) is 3.18. The van der Waals surface area contributed by atoms with E-state index >= 15 is 0 Å². The summed E-state index contributed by atoms with van der Waals surface area (Å²) < 4.78 is 4.76. The fourth-order valence-electron chi connectivity index (χ4n) is 2.12. The van der Waals surface area contributed by atoms with Crippen molar-refractivity contribution >= 4 is 40.1 Å². The smallest absolute Gasteiger partial charge is 0.360 e. The minimum absolute atomic E-state index is 0.156. The Hall–Kier alpha value is -2.54. The molecule has 0 amide bonds. The Kier molecular flexibility index (Phi) is 3.97. The second-order valence-corrected chi connectivity index (χ2v) is 5.30. The SMILES string of the molecule is COC(=O)c1ncc(SC)nc1Nc1cccc2cc[nH]c12. The van der Waals surface area contributed by atoms with Gasteiger partial charge < -0.3 is 15.0 Å². The van der Waals surface area contributed by atoms with Gasteiger partial charge in [-0.2, -0.15) is 0 Å². The van der Waals surface area contributed by atoms with Gasteiger partial charge in [0.05, 0.1) is 24.5 Å². The van der Waals surface area contributed by atoms with Crippen LogP contribution in [-0.2, 0) is 4.74 Å². The van der Waals surface area contributed by atoms with E-state index in [9.17, 15) is 4.79 Å². The van der Waals surface area contributed by atoms with Gasteiger partial charge in [-0.05, 0) is 18.4 Å². The Morgan fingerprint density at radius 2 is 2.23 bits per heavy atom. The van der Waals surface area contributed by atoms with Crippen LogP contribution < -0.4 is 5.32 Å². The summed E-state index contributed by atoms with van der Waals surface area (Å²) in [5.41, 5.74) is 1.92. The van der Waals surface area contributed by atoms with E-state index in [1.807, 2.05) is 36.7 Å². The van der Waals surface area contributed by atoms with Crippen LogP contribution in [0.25, 0.3) is 10.9 Å². The second kappa shape index (κ2) is 6.07. The molecular formula is C15H14N4O2S. The summed E-state index contributed by atoms with van der Waals surface area (Å²) in [6, 6.07) is 7.82. The average molecular weight is 314 g/mol. The van der Waals surface area contributed by atoms with E-state index in [-0.39, 0.29) is 5.69 Å². The molecule has 22 heavy (non-hydrogen) atoms. The van der Waals surface area contributed by atoms with Crippen LogP contribution in [0.15, 0.2) is 41.7 Å². The molecule has 0 aliphatic heterocycles. The molecule has 6 nitrogen and oxygen atoms in total. The van der Waals surface area contributed by atoms with Gasteiger partial charge in [0.25, 0.3) is 0 Å². The van der Waals surface area contributed by atoms with Crippen LogP contribution in [0.1, 0.15) is 10.5 Å². The van der Waals surface area contributed by atoms with Crippen molar-refractivity contribution in [2.45, 2.75) is 5.03 Å². The quantitative estimate of drug-likeness (QED) is 0.568. The molecular weight excluding hydrogens is 300 g/mol. The summed E-state index contributed by atoms with van der Waals surface area (Å²) in [6.07, 6.45) is 5.32. The zero-order valence-corrected chi connectivity index (χ0v) is 12.9. The van der Waals surface area contributed by atoms with Crippen molar-refractivity contribution in [1.82, 2.24) is 15.0 Å². The molecule has 0 saturated heterocycles. The Labute approximate surface area is 131 Å². The highest BCUT2D eigenvalue weighted by Crippen LogP contribution is 2.26. The lowest BCUT2D eigenvalue weighted by Crippen LogP contribution is -2.10. The first-order valence-electron chi connectivity index (χ1n) is 6.55. The summed E-state index contributed by atoms with van der Waals surface area (Å²) in [6.45, 7) is 0. The highest BCUT2D eigenvalue weighted by atomic mass is 32.2. The highest BCUT2D eigenvalue weighted by Gasteiger charge is 2.17. The molecule has 0 aliphatic carbocycles. The number of nitrogens with zero attached hydrogens (tertiary/aromatic N) is 2. The van der Waals surface area contributed by atoms with E-state index in [1.165, 1.54) is 18.9 Å². The third kappa shape index (κ3) is 2.62. The van der Waals surface area contributed by atoms with E-state index < -0.39 is 5.97 Å². The van der Waals surface area contributed by atoms with Crippen LogP contribution in [0, 0.1) is 0 Å². The molecule has 0 radical (unpaired) electrons. The molecule has 0 fully saturated rings. The van der Waals surface area contributed by atoms with Gasteiger partial charge in [0.2, 0.25) is 0 Å². The number of hydrogen-bond acceptors (Lipinski definition) is 6. The number of thioether (sulfide) groups is 1. The summed E-state index contributed by atoms with van der Waals surface area (Å²) in [5, 5.41) is 4.96. The third-order valence-corrected chi connectivity index (χ3v) is 3.79. The number of H-pyrrole nitrogens is 1. The topological polar surface area (TPSA) is 79.9 Å². The number of methoxy groups -OCH3 is 1. The van der Waals surface area contributed by atoms with Gasteiger partial charge in [-0.25, -0.2) is 14.8 Å². The predicted molar refractivity (Wildman–Crippen MR) is 86.7 cm³/mol. The minimum atomic E-state index is -0.527.